The molecule has 0 saturated heterocycles. The Morgan fingerprint density at radius 3 is 2.29 bits per heavy atom. The fourth-order valence-electron chi connectivity index (χ4n) is 2.44. The van der Waals surface area contributed by atoms with E-state index in [-0.39, 0.29) is 5.78 Å². The zero-order chi connectivity index (χ0) is 14.8. The number of carbonyl (C=O) groups excluding carboxylic acids is 1. The van der Waals surface area contributed by atoms with E-state index < -0.39 is 0 Å². The zero-order valence-corrected chi connectivity index (χ0v) is 12.7. The van der Waals surface area contributed by atoms with E-state index >= 15 is 0 Å². The van der Waals surface area contributed by atoms with Gasteiger partial charge in [-0.2, -0.15) is 0 Å². The number of fused-ring (bicyclic) bond motifs is 1. The standard InChI is InChI=1S/C18H12Cl2O/c19-15-8-14(9-16(20)11-15)18(21)10-13-6-3-5-12-4-1-2-7-17(12)13/h1-9,11H,10H2. The lowest BCUT2D eigenvalue weighted by atomic mass is 9.98. The number of benzene rings is 3. The van der Waals surface area contributed by atoms with Gasteiger partial charge in [0.2, 0.25) is 0 Å². The van der Waals surface area contributed by atoms with Gasteiger partial charge in [0.15, 0.2) is 5.78 Å². The SMILES string of the molecule is O=C(Cc1cccc2ccccc12)c1cc(Cl)cc(Cl)c1. The van der Waals surface area contributed by atoms with Gasteiger partial charge in [-0.15, -0.1) is 0 Å². The molecule has 3 aromatic carbocycles. The Morgan fingerprint density at radius 1 is 0.857 bits per heavy atom. The lowest BCUT2D eigenvalue weighted by Gasteiger charge is -2.07. The number of hydrogen-bond acceptors (Lipinski definition) is 1. The van der Waals surface area contributed by atoms with E-state index in [4.69, 9.17) is 23.2 Å². The number of halogens is 2. The van der Waals surface area contributed by atoms with Crippen LogP contribution in [0.4, 0.5) is 0 Å². The molecule has 0 saturated carbocycles. The summed E-state index contributed by atoms with van der Waals surface area (Å²) in [7, 11) is 0. The number of carbonyl (C=O) groups is 1. The molecule has 3 aromatic rings. The average Bonchev–Trinajstić information content (AvgIpc) is 2.46. The number of Topliss-reactive ketones (excluding diaryl/α,β-unsaturated/α-hetero) is 1. The maximum absolute atomic E-state index is 12.4. The maximum atomic E-state index is 12.4. The first kappa shape index (κ1) is 14.1. The molecular formula is C18H12Cl2O. The molecule has 3 heteroatoms. The van der Waals surface area contributed by atoms with Crippen LogP contribution >= 0.6 is 23.2 Å². The van der Waals surface area contributed by atoms with Gasteiger partial charge in [-0.05, 0) is 34.5 Å². The Labute approximate surface area is 133 Å². The molecule has 0 atom stereocenters. The summed E-state index contributed by atoms with van der Waals surface area (Å²) in [6.45, 7) is 0. The molecule has 0 aliphatic heterocycles. The summed E-state index contributed by atoms with van der Waals surface area (Å²) in [5.41, 5.74) is 1.55. The molecule has 0 fully saturated rings. The summed E-state index contributed by atoms with van der Waals surface area (Å²) in [6.07, 6.45) is 0.331. The van der Waals surface area contributed by atoms with Crippen molar-refractivity contribution in [3.05, 3.63) is 81.8 Å². The van der Waals surface area contributed by atoms with Crippen molar-refractivity contribution in [2.75, 3.05) is 0 Å². The molecule has 0 amide bonds. The smallest absolute Gasteiger partial charge is 0.167 e. The monoisotopic (exact) mass is 314 g/mol. The highest BCUT2D eigenvalue weighted by Crippen LogP contribution is 2.23. The molecule has 0 aliphatic rings. The molecular weight excluding hydrogens is 303 g/mol. The summed E-state index contributed by atoms with van der Waals surface area (Å²) in [5.74, 6) is 0.00996. The van der Waals surface area contributed by atoms with Gasteiger partial charge in [0.25, 0.3) is 0 Å². The van der Waals surface area contributed by atoms with Gasteiger partial charge < -0.3 is 0 Å². The van der Waals surface area contributed by atoms with E-state index in [0.717, 1.165) is 16.3 Å². The maximum Gasteiger partial charge on any atom is 0.167 e. The van der Waals surface area contributed by atoms with Crippen molar-refractivity contribution in [3.63, 3.8) is 0 Å². The normalized spacial score (nSPS) is 10.8. The van der Waals surface area contributed by atoms with Gasteiger partial charge in [0.1, 0.15) is 0 Å². The van der Waals surface area contributed by atoms with E-state index in [1.54, 1.807) is 18.2 Å². The van der Waals surface area contributed by atoms with Crippen LogP contribution in [0.5, 0.6) is 0 Å². The Kier molecular flexibility index (Phi) is 3.96. The molecule has 0 unspecified atom stereocenters. The van der Waals surface area contributed by atoms with Crippen molar-refractivity contribution in [2.24, 2.45) is 0 Å². The fraction of sp³-hybridized carbons (Fsp3) is 0.0556. The summed E-state index contributed by atoms with van der Waals surface area (Å²) in [5, 5.41) is 3.18. The van der Waals surface area contributed by atoms with Gasteiger partial charge in [0, 0.05) is 22.0 Å². The van der Waals surface area contributed by atoms with Crippen LogP contribution in [0, 0.1) is 0 Å². The topological polar surface area (TPSA) is 17.1 Å². The molecule has 0 N–H and O–H groups in total. The second kappa shape index (κ2) is 5.88. The second-order valence-electron chi connectivity index (χ2n) is 4.90. The molecule has 1 nitrogen and oxygen atoms in total. The highest BCUT2D eigenvalue weighted by molar-refractivity contribution is 6.35. The first-order chi connectivity index (χ1) is 10.1. The molecule has 3 rings (SSSR count). The molecule has 0 radical (unpaired) electrons. The molecule has 0 bridgehead atoms. The van der Waals surface area contributed by atoms with Gasteiger partial charge in [0.05, 0.1) is 0 Å². The summed E-state index contributed by atoms with van der Waals surface area (Å²) >= 11 is 11.9. The van der Waals surface area contributed by atoms with Crippen LogP contribution in [0.25, 0.3) is 10.8 Å². The van der Waals surface area contributed by atoms with Crippen molar-refractivity contribution in [1.29, 1.82) is 0 Å². The van der Waals surface area contributed by atoms with Gasteiger partial charge in [-0.3, -0.25) is 4.79 Å². The summed E-state index contributed by atoms with van der Waals surface area (Å²) < 4.78 is 0. The van der Waals surface area contributed by atoms with Crippen LogP contribution in [0.3, 0.4) is 0 Å². The van der Waals surface area contributed by atoms with Crippen molar-refractivity contribution in [1.82, 2.24) is 0 Å². The zero-order valence-electron chi connectivity index (χ0n) is 11.1. The minimum atomic E-state index is 0.00996. The lowest BCUT2D eigenvalue weighted by molar-refractivity contribution is 0.0993. The van der Waals surface area contributed by atoms with Crippen molar-refractivity contribution >= 4 is 39.8 Å². The van der Waals surface area contributed by atoms with Gasteiger partial charge in [-0.1, -0.05) is 65.7 Å². The van der Waals surface area contributed by atoms with Gasteiger partial charge >= 0.3 is 0 Å². The first-order valence-electron chi connectivity index (χ1n) is 6.59. The number of hydrogen-bond donors (Lipinski definition) is 0. The third-order valence-electron chi connectivity index (χ3n) is 3.42. The second-order valence-corrected chi connectivity index (χ2v) is 5.77. The van der Waals surface area contributed by atoms with E-state index in [2.05, 4.69) is 0 Å². The van der Waals surface area contributed by atoms with Crippen LogP contribution in [0.1, 0.15) is 15.9 Å². The Hall–Kier alpha value is -1.83. The van der Waals surface area contributed by atoms with E-state index in [0.29, 0.717) is 22.0 Å². The quantitative estimate of drug-likeness (QED) is 0.577. The van der Waals surface area contributed by atoms with Crippen molar-refractivity contribution in [3.8, 4) is 0 Å². The number of ketones is 1. The van der Waals surface area contributed by atoms with Crippen LogP contribution in [-0.2, 0) is 6.42 Å². The third kappa shape index (κ3) is 3.10. The molecule has 0 aromatic heterocycles. The average molecular weight is 315 g/mol. The van der Waals surface area contributed by atoms with Crippen molar-refractivity contribution < 1.29 is 4.79 Å². The highest BCUT2D eigenvalue weighted by atomic mass is 35.5. The predicted molar refractivity (Wildman–Crippen MR) is 88.4 cm³/mol. The van der Waals surface area contributed by atoms with E-state index in [1.165, 1.54) is 0 Å². The molecule has 104 valence electrons. The minimum absolute atomic E-state index is 0.00996. The van der Waals surface area contributed by atoms with Crippen LogP contribution in [0.15, 0.2) is 60.7 Å². The van der Waals surface area contributed by atoms with Crippen molar-refractivity contribution in [2.45, 2.75) is 6.42 Å². The lowest BCUT2D eigenvalue weighted by Crippen LogP contribution is -2.04. The Bertz CT molecular complexity index is 799. The van der Waals surface area contributed by atoms with E-state index in [9.17, 15) is 4.79 Å². The third-order valence-corrected chi connectivity index (χ3v) is 3.85. The van der Waals surface area contributed by atoms with Crippen LogP contribution in [-0.4, -0.2) is 5.78 Å². The van der Waals surface area contributed by atoms with Crippen LogP contribution < -0.4 is 0 Å². The van der Waals surface area contributed by atoms with Crippen LogP contribution in [0.2, 0.25) is 10.0 Å². The van der Waals surface area contributed by atoms with E-state index in [1.807, 2.05) is 42.5 Å². The molecule has 0 heterocycles. The minimum Gasteiger partial charge on any atom is -0.294 e. The molecule has 0 aliphatic carbocycles. The Balaban J connectivity index is 1.96. The van der Waals surface area contributed by atoms with Gasteiger partial charge in [-0.25, -0.2) is 0 Å². The largest absolute Gasteiger partial charge is 0.294 e. The fourth-order valence-corrected chi connectivity index (χ4v) is 2.96. The summed E-state index contributed by atoms with van der Waals surface area (Å²) in [6, 6.07) is 19.0. The number of rotatable bonds is 3. The highest BCUT2D eigenvalue weighted by Gasteiger charge is 2.11. The Morgan fingerprint density at radius 2 is 1.52 bits per heavy atom. The predicted octanol–water partition coefficient (Wildman–Crippen LogP) is 5.57. The first-order valence-corrected chi connectivity index (χ1v) is 7.35. The molecule has 21 heavy (non-hydrogen) atoms. The molecule has 0 spiro atoms. The summed E-state index contributed by atoms with van der Waals surface area (Å²) in [4.78, 5) is 12.4.